The first kappa shape index (κ1) is 55.3. The second-order valence-electron chi connectivity index (χ2n) is 16.3. The number of anilines is 4. The number of benzene rings is 4. The zero-order valence-corrected chi connectivity index (χ0v) is 41.6. The number of carbonyl (C=O) groups is 1. The van der Waals surface area contributed by atoms with E-state index in [0.717, 1.165) is 16.3 Å². The first-order valence-electron chi connectivity index (χ1n) is 22.8. The van der Waals surface area contributed by atoms with Gasteiger partial charge in [0.25, 0.3) is 0 Å². The number of nitrogens with zero attached hydrogens (tertiary/aromatic N) is 1. The smallest absolute Gasteiger partial charge is 0.323 e. The van der Waals surface area contributed by atoms with Crippen LogP contribution in [-0.2, 0) is 56.4 Å². The van der Waals surface area contributed by atoms with Crippen LogP contribution in [-0.4, -0.2) is 134 Å². The van der Waals surface area contributed by atoms with Gasteiger partial charge in [-0.2, -0.15) is 0 Å². The van der Waals surface area contributed by atoms with E-state index in [4.69, 9.17) is 52.1 Å². The highest BCUT2D eigenvalue weighted by atomic mass is 32.2. The van der Waals surface area contributed by atoms with Crippen molar-refractivity contribution in [1.82, 2.24) is 9.71 Å². The molecule has 5 aromatic rings. The van der Waals surface area contributed by atoms with Crippen LogP contribution in [0.15, 0.2) is 85.1 Å². The molecule has 1 aromatic heterocycles. The summed E-state index contributed by atoms with van der Waals surface area (Å²) in [6.07, 6.45) is 1.63. The molecule has 5 rings (SSSR count). The highest BCUT2D eigenvalue weighted by molar-refractivity contribution is 7.77. The molecule has 2 amide bonds. The highest BCUT2D eigenvalue weighted by Crippen LogP contribution is 2.38. The Morgan fingerprint density at radius 3 is 1.80 bits per heavy atom. The van der Waals surface area contributed by atoms with E-state index in [1.165, 1.54) is 7.11 Å². The van der Waals surface area contributed by atoms with Gasteiger partial charge in [0.15, 0.2) is 0 Å². The number of amides is 2. The third kappa shape index (κ3) is 19.3. The van der Waals surface area contributed by atoms with Crippen molar-refractivity contribution in [2.45, 2.75) is 32.7 Å². The molecule has 0 saturated carbocycles. The zero-order valence-electron chi connectivity index (χ0n) is 40.8. The second-order valence-corrected chi connectivity index (χ2v) is 17.0. The molecule has 0 radical (unpaired) electrons. The van der Waals surface area contributed by atoms with Gasteiger partial charge in [0, 0.05) is 77.4 Å². The lowest BCUT2D eigenvalue weighted by Crippen LogP contribution is -2.22. The van der Waals surface area contributed by atoms with Crippen LogP contribution < -0.4 is 39.6 Å². The van der Waals surface area contributed by atoms with Crippen LogP contribution in [0.5, 0.6) is 28.7 Å². The summed E-state index contributed by atoms with van der Waals surface area (Å²) in [6, 6.07) is 23.2. The minimum absolute atomic E-state index is 0.0180. The van der Waals surface area contributed by atoms with E-state index in [9.17, 15) is 13.6 Å². The summed E-state index contributed by atoms with van der Waals surface area (Å²) in [5.74, 6) is 3.09. The molecule has 1 atom stereocenters. The van der Waals surface area contributed by atoms with Crippen molar-refractivity contribution in [3.05, 3.63) is 96.2 Å². The molecule has 0 fully saturated rings. The minimum Gasteiger partial charge on any atom is -0.760 e. The SMILES string of the molecule is COCCOCCOCCOCCOCCOCCOCCOc1cc(Nc2cc(Oc3ccc(NC(=O)Nc4cc(C(C)(C)C)cc(CNS(=O)[O-])c4OC)c4ccccc34)ccn2)cc(OC)c1. The molecule has 0 saturated heterocycles. The van der Waals surface area contributed by atoms with Gasteiger partial charge >= 0.3 is 6.03 Å². The number of hydrogen-bond acceptors (Lipinski definition) is 16. The lowest BCUT2D eigenvalue weighted by Gasteiger charge is -2.24. The zero-order chi connectivity index (χ0) is 50.0. The summed E-state index contributed by atoms with van der Waals surface area (Å²) in [6.45, 7) is 12.6. The summed E-state index contributed by atoms with van der Waals surface area (Å²) in [5.41, 5.74) is 2.75. The maximum absolute atomic E-state index is 13.6. The van der Waals surface area contributed by atoms with Crippen LogP contribution in [0, 0.1) is 0 Å². The molecule has 0 aliphatic rings. The van der Waals surface area contributed by atoms with Gasteiger partial charge in [0.05, 0.1) is 111 Å². The Morgan fingerprint density at radius 1 is 0.629 bits per heavy atom. The van der Waals surface area contributed by atoms with Crippen molar-refractivity contribution in [3.8, 4) is 28.7 Å². The van der Waals surface area contributed by atoms with Gasteiger partial charge < -0.3 is 72.6 Å². The highest BCUT2D eigenvalue weighted by Gasteiger charge is 2.21. The average molecular weight is 993 g/mol. The maximum Gasteiger partial charge on any atom is 0.323 e. The van der Waals surface area contributed by atoms with Crippen LogP contribution >= 0.6 is 0 Å². The molecule has 20 heteroatoms. The van der Waals surface area contributed by atoms with Crippen LogP contribution in [0.1, 0.15) is 31.9 Å². The van der Waals surface area contributed by atoms with Crippen LogP contribution in [0.4, 0.5) is 27.7 Å². The predicted molar refractivity (Wildman–Crippen MR) is 267 cm³/mol. The summed E-state index contributed by atoms with van der Waals surface area (Å²) in [4.78, 5) is 18.1. The molecular formula is C50H66N5O14S-. The van der Waals surface area contributed by atoms with Crippen LogP contribution in [0.25, 0.3) is 10.8 Å². The maximum atomic E-state index is 13.6. The molecule has 0 aliphatic heterocycles. The van der Waals surface area contributed by atoms with E-state index >= 15 is 0 Å². The number of carbonyl (C=O) groups excluding carboxylic acids is 1. The number of methoxy groups -OCH3 is 3. The van der Waals surface area contributed by atoms with Gasteiger partial charge in [-0.15, -0.1) is 0 Å². The third-order valence-electron chi connectivity index (χ3n) is 10.1. The van der Waals surface area contributed by atoms with E-state index in [1.807, 2.05) is 69.3 Å². The fraction of sp³-hybridized carbons (Fsp3) is 0.440. The summed E-state index contributed by atoms with van der Waals surface area (Å²) in [5, 5.41) is 10.7. The molecule has 382 valence electrons. The molecule has 0 spiro atoms. The molecule has 4 N–H and O–H groups in total. The number of pyridine rings is 1. The Labute approximate surface area is 412 Å². The first-order valence-corrected chi connectivity index (χ1v) is 23.9. The Morgan fingerprint density at radius 2 is 1.21 bits per heavy atom. The predicted octanol–water partition coefficient (Wildman–Crippen LogP) is 7.74. The van der Waals surface area contributed by atoms with Gasteiger partial charge in [-0.1, -0.05) is 51.1 Å². The largest absolute Gasteiger partial charge is 0.760 e. The van der Waals surface area contributed by atoms with E-state index in [0.29, 0.717) is 150 Å². The van der Waals surface area contributed by atoms with Gasteiger partial charge in [-0.05, 0) is 35.2 Å². The second kappa shape index (κ2) is 30.2. The van der Waals surface area contributed by atoms with Crippen molar-refractivity contribution in [3.63, 3.8) is 0 Å². The number of ether oxygens (including phenoxy) is 11. The van der Waals surface area contributed by atoms with Gasteiger partial charge in [-0.25, -0.2) is 14.5 Å². The van der Waals surface area contributed by atoms with E-state index in [-0.39, 0.29) is 12.0 Å². The number of hydrogen-bond donors (Lipinski definition) is 4. The topological polar surface area (TPSA) is 220 Å². The molecule has 0 bridgehead atoms. The van der Waals surface area contributed by atoms with Gasteiger partial charge in [0.2, 0.25) is 0 Å². The van der Waals surface area contributed by atoms with Crippen molar-refractivity contribution in [2.75, 3.05) is 130 Å². The Hall–Kier alpha value is -5.65. The third-order valence-corrected chi connectivity index (χ3v) is 10.5. The number of rotatable bonds is 33. The molecule has 0 aliphatic carbocycles. The lowest BCUT2D eigenvalue weighted by atomic mass is 9.85. The van der Waals surface area contributed by atoms with Crippen molar-refractivity contribution in [1.29, 1.82) is 0 Å². The van der Waals surface area contributed by atoms with Crippen LogP contribution in [0.3, 0.4) is 0 Å². The van der Waals surface area contributed by atoms with Gasteiger partial charge in [-0.3, -0.25) is 4.21 Å². The number of urea groups is 1. The van der Waals surface area contributed by atoms with E-state index in [1.54, 1.807) is 50.7 Å². The fourth-order valence-electron chi connectivity index (χ4n) is 6.69. The number of nitrogens with one attached hydrogen (secondary N) is 4. The minimum atomic E-state index is -2.49. The quantitative estimate of drug-likeness (QED) is 0.0233. The van der Waals surface area contributed by atoms with Crippen molar-refractivity contribution in [2.24, 2.45) is 0 Å². The van der Waals surface area contributed by atoms with Crippen molar-refractivity contribution >= 4 is 51.0 Å². The Balaban J connectivity index is 1.07. The number of aromatic nitrogens is 1. The van der Waals surface area contributed by atoms with Crippen LogP contribution in [0.2, 0.25) is 0 Å². The molecule has 1 unspecified atom stereocenters. The summed E-state index contributed by atoms with van der Waals surface area (Å²) >= 11 is -2.49. The van der Waals surface area contributed by atoms with E-state index < -0.39 is 17.3 Å². The molecule has 19 nitrogen and oxygen atoms in total. The van der Waals surface area contributed by atoms with Crippen molar-refractivity contribution < 1.29 is 65.7 Å². The molecule has 70 heavy (non-hydrogen) atoms. The Bertz CT molecular complexity index is 2390. The average Bonchev–Trinajstić information content (AvgIpc) is 3.34. The monoisotopic (exact) mass is 992 g/mol. The number of fused-ring (bicyclic) bond motifs is 1. The lowest BCUT2D eigenvalue weighted by molar-refractivity contribution is -0.0199. The molecule has 1 heterocycles. The fourth-order valence-corrected chi connectivity index (χ4v) is 6.97. The van der Waals surface area contributed by atoms with Gasteiger partial charge in [0.1, 0.15) is 41.2 Å². The molecular weight excluding hydrogens is 927 g/mol. The van der Waals surface area contributed by atoms with E-state index in [2.05, 4.69) is 25.7 Å². The standard InChI is InChI=1S/C50H67N5O14S/c1-50(2,3)37-29-36(35-52-70(57)58)48(61-6)45(30-37)55-49(56)54-44-11-12-46(43-10-8-7-9-42(43)44)69-39-13-14-51-47(34-39)53-38-31-40(60-5)33-41(32-38)68-28-27-67-26-25-66-24-23-65-22-21-64-20-19-63-18-17-62-16-15-59-4/h7-14,29-34,52H,15-28,35H2,1-6H3,(H,51,53)(H,57,58)(H2,54,55,56)/p-1. The molecule has 4 aromatic carbocycles. The summed E-state index contributed by atoms with van der Waals surface area (Å²) in [7, 11) is 4.69. The normalized spacial score (nSPS) is 11.9. The summed E-state index contributed by atoms with van der Waals surface area (Å²) < 4.78 is 86.6. The Kier molecular flexibility index (Phi) is 23.8. The first-order chi connectivity index (χ1) is 34.0.